The molecule has 0 aliphatic heterocycles. The molecule has 0 saturated carbocycles. The molecule has 6 nitrogen and oxygen atoms in total. The van der Waals surface area contributed by atoms with Gasteiger partial charge in [-0.15, -0.1) is 0 Å². The predicted octanol–water partition coefficient (Wildman–Crippen LogP) is 2.20. The van der Waals surface area contributed by atoms with Crippen LogP contribution in [-0.2, 0) is 11.2 Å². The van der Waals surface area contributed by atoms with Crippen molar-refractivity contribution in [3.8, 4) is 5.75 Å². The molecule has 3 aromatic rings. The Hall–Kier alpha value is -2.76. The van der Waals surface area contributed by atoms with Crippen LogP contribution < -0.4 is 4.74 Å². The van der Waals surface area contributed by atoms with Crippen LogP contribution in [0.15, 0.2) is 30.5 Å². The van der Waals surface area contributed by atoms with Gasteiger partial charge >= 0.3 is 5.97 Å². The Morgan fingerprint density at radius 1 is 1.29 bits per heavy atom. The number of ether oxygens (including phenoxy) is 1. The number of fused-ring (bicyclic) bond motifs is 2. The number of aromatic nitrogens is 3. The molecule has 3 rings (SSSR count). The van der Waals surface area contributed by atoms with Crippen molar-refractivity contribution in [2.45, 2.75) is 12.8 Å². The number of aliphatic carboxylic acids is 1. The van der Waals surface area contributed by atoms with Crippen molar-refractivity contribution in [2.24, 2.45) is 0 Å². The molecule has 2 heterocycles. The lowest BCUT2D eigenvalue weighted by molar-refractivity contribution is -0.137. The lowest BCUT2D eigenvalue weighted by Crippen LogP contribution is -2.02. The van der Waals surface area contributed by atoms with Gasteiger partial charge in [-0.3, -0.25) is 4.79 Å². The van der Waals surface area contributed by atoms with E-state index in [-0.39, 0.29) is 12.8 Å². The van der Waals surface area contributed by atoms with E-state index in [2.05, 4.69) is 15.0 Å². The van der Waals surface area contributed by atoms with Crippen LogP contribution in [0, 0.1) is 0 Å². The number of nitrogens with zero attached hydrogens (tertiary/aromatic N) is 3. The highest BCUT2D eigenvalue weighted by Crippen LogP contribution is 2.25. The van der Waals surface area contributed by atoms with Gasteiger partial charge in [-0.2, -0.15) is 0 Å². The lowest BCUT2D eigenvalue weighted by atomic mass is 10.1. The van der Waals surface area contributed by atoms with E-state index in [1.54, 1.807) is 13.3 Å². The Labute approximate surface area is 120 Å². The highest BCUT2D eigenvalue weighted by Gasteiger charge is 2.08. The molecule has 1 aromatic carbocycles. The van der Waals surface area contributed by atoms with Gasteiger partial charge < -0.3 is 9.84 Å². The maximum atomic E-state index is 10.6. The second kappa shape index (κ2) is 5.32. The molecule has 0 radical (unpaired) electrons. The summed E-state index contributed by atoms with van der Waals surface area (Å²) in [5.41, 5.74) is 1.28. The lowest BCUT2D eigenvalue weighted by Gasteiger charge is -2.06. The monoisotopic (exact) mass is 283 g/mol. The Morgan fingerprint density at radius 2 is 2.14 bits per heavy atom. The Bertz CT molecular complexity index is 833. The average molecular weight is 283 g/mol. The molecular weight excluding hydrogens is 270 g/mol. The van der Waals surface area contributed by atoms with Gasteiger partial charge in [0.25, 0.3) is 0 Å². The number of benzene rings is 1. The van der Waals surface area contributed by atoms with Crippen LogP contribution in [0.2, 0.25) is 0 Å². The van der Waals surface area contributed by atoms with Crippen molar-refractivity contribution in [1.29, 1.82) is 0 Å². The van der Waals surface area contributed by atoms with Crippen LogP contribution in [0.1, 0.15) is 12.2 Å². The summed E-state index contributed by atoms with van der Waals surface area (Å²) >= 11 is 0. The zero-order valence-electron chi connectivity index (χ0n) is 11.4. The maximum Gasteiger partial charge on any atom is 0.303 e. The topological polar surface area (TPSA) is 85.2 Å². The summed E-state index contributed by atoms with van der Waals surface area (Å²) in [5, 5.41) is 10.5. The second-order valence-corrected chi connectivity index (χ2v) is 4.61. The van der Waals surface area contributed by atoms with E-state index in [0.717, 1.165) is 16.3 Å². The summed E-state index contributed by atoms with van der Waals surface area (Å²) in [5.74, 6) is 0.290. The maximum absolute atomic E-state index is 10.6. The number of carbonyl (C=O) groups is 1. The van der Waals surface area contributed by atoms with Crippen LogP contribution in [0.25, 0.3) is 21.9 Å². The number of hydrogen-bond acceptors (Lipinski definition) is 5. The molecule has 0 amide bonds. The fourth-order valence-corrected chi connectivity index (χ4v) is 2.16. The summed E-state index contributed by atoms with van der Waals surface area (Å²) in [6.07, 6.45) is 1.96. The average Bonchev–Trinajstić information content (AvgIpc) is 2.50. The summed E-state index contributed by atoms with van der Waals surface area (Å²) < 4.78 is 5.30. The van der Waals surface area contributed by atoms with Gasteiger partial charge in [0.05, 0.1) is 13.5 Å². The van der Waals surface area contributed by atoms with Crippen molar-refractivity contribution >= 4 is 27.9 Å². The van der Waals surface area contributed by atoms with E-state index in [9.17, 15) is 4.79 Å². The Morgan fingerprint density at radius 3 is 2.90 bits per heavy atom. The van der Waals surface area contributed by atoms with E-state index in [1.807, 2.05) is 24.3 Å². The van der Waals surface area contributed by atoms with Crippen LogP contribution >= 0.6 is 0 Å². The third kappa shape index (κ3) is 2.60. The molecule has 0 aliphatic rings. The third-order valence-electron chi connectivity index (χ3n) is 3.19. The van der Waals surface area contributed by atoms with E-state index in [0.29, 0.717) is 17.2 Å². The number of methoxy groups -OCH3 is 1. The number of para-hydroxylation sites is 1. The first-order valence-electron chi connectivity index (χ1n) is 6.48. The Balaban J connectivity index is 2.11. The zero-order valence-corrected chi connectivity index (χ0v) is 11.4. The quantitative estimate of drug-likeness (QED) is 0.739. The standard InChI is InChI=1S/C15H13N3O3/c1-21-11-4-2-3-9-7-10-8-16-12(5-6-13(19)20)17-15(10)18-14(9)11/h2-4,7-8H,5-6H2,1H3,(H,19,20). The largest absolute Gasteiger partial charge is 0.494 e. The molecule has 1 N–H and O–H groups in total. The number of aryl methyl sites for hydroxylation is 1. The van der Waals surface area contributed by atoms with E-state index in [1.165, 1.54) is 0 Å². The molecule has 6 heteroatoms. The molecule has 0 bridgehead atoms. The van der Waals surface area contributed by atoms with Crippen LogP contribution in [0.5, 0.6) is 5.75 Å². The first kappa shape index (κ1) is 13.2. The predicted molar refractivity (Wildman–Crippen MR) is 77.3 cm³/mol. The number of carboxylic acids is 1. The summed E-state index contributed by atoms with van der Waals surface area (Å²) in [6.45, 7) is 0. The molecule has 0 unspecified atom stereocenters. The molecule has 106 valence electrons. The van der Waals surface area contributed by atoms with Gasteiger partial charge in [0.15, 0.2) is 5.65 Å². The van der Waals surface area contributed by atoms with Crippen LogP contribution in [0.3, 0.4) is 0 Å². The number of hydrogen-bond donors (Lipinski definition) is 1. The summed E-state index contributed by atoms with van der Waals surface area (Å²) in [4.78, 5) is 23.6. The third-order valence-corrected chi connectivity index (χ3v) is 3.19. The van der Waals surface area contributed by atoms with Gasteiger partial charge in [0.2, 0.25) is 0 Å². The number of pyridine rings is 1. The van der Waals surface area contributed by atoms with Gasteiger partial charge in [-0.05, 0) is 12.1 Å². The smallest absolute Gasteiger partial charge is 0.303 e. The first-order valence-corrected chi connectivity index (χ1v) is 6.48. The van der Waals surface area contributed by atoms with Crippen molar-refractivity contribution in [3.05, 3.63) is 36.3 Å². The van der Waals surface area contributed by atoms with Gasteiger partial charge in [-0.1, -0.05) is 12.1 Å². The van der Waals surface area contributed by atoms with Crippen molar-refractivity contribution in [1.82, 2.24) is 15.0 Å². The molecule has 0 spiro atoms. The first-order chi connectivity index (χ1) is 10.2. The molecule has 0 atom stereocenters. The molecule has 21 heavy (non-hydrogen) atoms. The molecule has 0 aliphatic carbocycles. The second-order valence-electron chi connectivity index (χ2n) is 4.61. The molecule has 0 saturated heterocycles. The number of rotatable bonds is 4. The van der Waals surface area contributed by atoms with Gasteiger partial charge in [0.1, 0.15) is 17.1 Å². The normalized spacial score (nSPS) is 10.9. The highest BCUT2D eigenvalue weighted by atomic mass is 16.5. The fourth-order valence-electron chi connectivity index (χ4n) is 2.16. The minimum atomic E-state index is -0.869. The van der Waals surface area contributed by atoms with Crippen molar-refractivity contribution in [2.75, 3.05) is 7.11 Å². The minimum Gasteiger partial charge on any atom is -0.494 e. The van der Waals surface area contributed by atoms with Crippen molar-refractivity contribution in [3.63, 3.8) is 0 Å². The SMILES string of the molecule is COc1cccc2cc3cnc(CCC(=O)O)nc3nc12. The molecule has 0 fully saturated rings. The van der Waals surface area contributed by atoms with Gasteiger partial charge in [0, 0.05) is 23.4 Å². The molecular formula is C15H13N3O3. The van der Waals surface area contributed by atoms with Crippen LogP contribution in [0.4, 0.5) is 0 Å². The van der Waals surface area contributed by atoms with E-state index < -0.39 is 5.97 Å². The minimum absolute atomic E-state index is 0.00239. The molecule has 2 aromatic heterocycles. The Kier molecular flexibility index (Phi) is 3.35. The van der Waals surface area contributed by atoms with Crippen LogP contribution in [-0.4, -0.2) is 33.1 Å². The van der Waals surface area contributed by atoms with E-state index in [4.69, 9.17) is 9.84 Å². The fraction of sp³-hybridized carbons (Fsp3) is 0.200. The zero-order chi connectivity index (χ0) is 14.8. The number of carboxylic acid groups (broad SMARTS) is 1. The summed E-state index contributed by atoms with van der Waals surface area (Å²) in [7, 11) is 1.60. The van der Waals surface area contributed by atoms with Gasteiger partial charge in [-0.25, -0.2) is 15.0 Å². The van der Waals surface area contributed by atoms with E-state index >= 15 is 0 Å². The highest BCUT2D eigenvalue weighted by molar-refractivity contribution is 5.93. The summed E-state index contributed by atoms with van der Waals surface area (Å²) in [6, 6.07) is 7.63. The van der Waals surface area contributed by atoms with Crippen molar-refractivity contribution < 1.29 is 14.6 Å².